The monoisotopic (exact) mass is 509 g/mol. The van der Waals surface area contributed by atoms with Gasteiger partial charge in [-0.25, -0.2) is 4.99 Å². The molecule has 2 aromatic rings. The molecule has 6 nitrogen and oxygen atoms in total. The predicted molar refractivity (Wildman–Crippen MR) is 131 cm³/mol. The van der Waals surface area contributed by atoms with E-state index in [1.54, 1.807) is 12.4 Å². The summed E-state index contributed by atoms with van der Waals surface area (Å²) in [4.78, 5) is 11.1. The SMILES string of the molecule is CCNC(=NCCOc1cccnc1)NC(C)c1cccc(N2CCCC2)c1.I. The van der Waals surface area contributed by atoms with Crippen molar-refractivity contribution in [2.45, 2.75) is 32.7 Å². The topological polar surface area (TPSA) is 61.8 Å². The van der Waals surface area contributed by atoms with Crippen molar-refractivity contribution in [3.8, 4) is 5.75 Å². The Labute approximate surface area is 191 Å². The summed E-state index contributed by atoms with van der Waals surface area (Å²) >= 11 is 0. The Morgan fingerprint density at radius 2 is 2.07 bits per heavy atom. The first-order valence-electron chi connectivity index (χ1n) is 10.2. The summed E-state index contributed by atoms with van der Waals surface area (Å²) in [5.74, 6) is 1.57. The number of anilines is 1. The third-order valence-electron chi connectivity index (χ3n) is 4.80. The fourth-order valence-corrected chi connectivity index (χ4v) is 3.33. The number of aromatic nitrogens is 1. The highest BCUT2D eigenvalue weighted by atomic mass is 127. The molecular formula is C22H32IN5O. The van der Waals surface area contributed by atoms with Gasteiger partial charge in [0.25, 0.3) is 0 Å². The van der Waals surface area contributed by atoms with Crippen molar-refractivity contribution in [1.82, 2.24) is 15.6 Å². The third kappa shape index (κ3) is 7.38. The largest absolute Gasteiger partial charge is 0.490 e. The Morgan fingerprint density at radius 3 is 2.79 bits per heavy atom. The molecule has 1 unspecified atom stereocenters. The van der Waals surface area contributed by atoms with Gasteiger partial charge in [-0.2, -0.15) is 0 Å². The van der Waals surface area contributed by atoms with Gasteiger partial charge in [0, 0.05) is 31.5 Å². The molecule has 1 atom stereocenters. The zero-order valence-corrected chi connectivity index (χ0v) is 19.6. The van der Waals surface area contributed by atoms with E-state index in [-0.39, 0.29) is 30.0 Å². The summed E-state index contributed by atoms with van der Waals surface area (Å²) in [6, 6.07) is 12.7. The van der Waals surface area contributed by atoms with Gasteiger partial charge in [0.1, 0.15) is 12.4 Å². The molecule has 0 aliphatic carbocycles. The molecule has 0 saturated carbocycles. The van der Waals surface area contributed by atoms with E-state index in [0.29, 0.717) is 13.2 Å². The number of nitrogens with one attached hydrogen (secondary N) is 2. The van der Waals surface area contributed by atoms with E-state index in [9.17, 15) is 0 Å². The number of rotatable bonds is 8. The van der Waals surface area contributed by atoms with Crippen LogP contribution in [0.2, 0.25) is 0 Å². The minimum atomic E-state index is 0. The first-order chi connectivity index (χ1) is 13.8. The van der Waals surface area contributed by atoms with Crippen LogP contribution in [-0.4, -0.2) is 43.7 Å². The van der Waals surface area contributed by atoms with Crippen LogP contribution in [0.4, 0.5) is 5.69 Å². The number of hydrogen-bond donors (Lipinski definition) is 2. The van der Waals surface area contributed by atoms with Crippen LogP contribution in [0.5, 0.6) is 5.75 Å². The van der Waals surface area contributed by atoms with Crippen molar-refractivity contribution in [3.05, 3.63) is 54.4 Å². The average Bonchev–Trinajstić information content (AvgIpc) is 3.27. The number of pyridine rings is 1. The second-order valence-electron chi connectivity index (χ2n) is 6.95. The van der Waals surface area contributed by atoms with E-state index in [2.05, 4.69) is 63.6 Å². The normalized spacial score (nSPS) is 14.8. The minimum absolute atomic E-state index is 0. The number of nitrogens with zero attached hydrogens (tertiary/aromatic N) is 3. The van der Waals surface area contributed by atoms with E-state index < -0.39 is 0 Å². The van der Waals surface area contributed by atoms with Crippen molar-refractivity contribution < 1.29 is 4.74 Å². The van der Waals surface area contributed by atoms with Gasteiger partial charge in [-0.1, -0.05) is 12.1 Å². The summed E-state index contributed by atoms with van der Waals surface area (Å²) in [6.07, 6.45) is 6.02. The maximum Gasteiger partial charge on any atom is 0.191 e. The lowest BCUT2D eigenvalue weighted by Crippen LogP contribution is -2.39. The molecule has 0 bridgehead atoms. The van der Waals surface area contributed by atoms with E-state index >= 15 is 0 Å². The number of halogens is 1. The Hall–Kier alpha value is -2.03. The lowest BCUT2D eigenvalue weighted by atomic mass is 10.1. The molecule has 1 aromatic carbocycles. The van der Waals surface area contributed by atoms with E-state index in [1.807, 2.05) is 12.1 Å². The van der Waals surface area contributed by atoms with Crippen molar-refractivity contribution in [2.24, 2.45) is 4.99 Å². The molecular weight excluding hydrogens is 477 g/mol. The minimum Gasteiger partial charge on any atom is -0.490 e. The van der Waals surface area contributed by atoms with Crippen LogP contribution < -0.4 is 20.3 Å². The smallest absolute Gasteiger partial charge is 0.191 e. The lowest BCUT2D eigenvalue weighted by molar-refractivity contribution is 0.327. The van der Waals surface area contributed by atoms with Crippen LogP contribution in [0.15, 0.2) is 53.8 Å². The van der Waals surface area contributed by atoms with Gasteiger partial charge >= 0.3 is 0 Å². The Balaban J connectivity index is 0.00000300. The highest BCUT2D eigenvalue weighted by Gasteiger charge is 2.14. The van der Waals surface area contributed by atoms with Crippen LogP contribution in [0.1, 0.15) is 38.3 Å². The fraction of sp³-hybridized carbons (Fsp3) is 0.455. The molecule has 7 heteroatoms. The zero-order chi connectivity index (χ0) is 19.6. The van der Waals surface area contributed by atoms with Gasteiger partial charge in [-0.3, -0.25) is 4.98 Å². The Kier molecular flexibility index (Phi) is 10.0. The molecule has 29 heavy (non-hydrogen) atoms. The maximum absolute atomic E-state index is 5.67. The van der Waals surface area contributed by atoms with Gasteiger partial charge in [0.05, 0.1) is 18.8 Å². The molecule has 3 rings (SSSR count). The van der Waals surface area contributed by atoms with E-state index in [0.717, 1.165) is 31.3 Å². The Morgan fingerprint density at radius 1 is 1.24 bits per heavy atom. The van der Waals surface area contributed by atoms with Gasteiger partial charge in [0.2, 0.25) is 0 Å². The molecule has 1 aromatic heterocycles. The average molecular weight is 509 g/mol. The fourth-order valence-electron chi connectivity index (χ4n) is 3.33. The number of benzene rings is 1. The van der Waals surface area contributed by atoms with Crippen molar-refractivity contribution >= 4 is 35.6 Å². The van der Waals surface area contributed by atoms with Gasteiger partial charge < -0.3 is 20.3 Å². The molecule has 1 aliphatic heterocycles. The predicted octanol–water partition coefficient (Wildman–Crippen LogP) is 3.99. The standard InChI is InChI=1S/C22H31N5O.HI/c1-3-24-22(25-12-15-28-21-10-7-11-23-17-21)26-18(2)19-8-6-9-20(16-19)27-13-4-5-14-27;/h6-11,16-18H,3-5,12-15H2,1-2H3,(H2,24,25,26);1H. The third-order valence-corrected chi connectivity index (χ3v) is 4.80. The highest BCUT2D eigenvalue weighted by Crippen LogP contribution is 2.23. The summed E-state index contributed by atoms with van der Waals surface area (Å²) < 4.78 is 5.67. The summed E-state index contributed by atoms with van der Waals surface area (Å²) in [7, 11) is 0. The summed E-state index contributed by atoms with van der Waals surface area (Å²) in [5.41, 5.74) is 2.58. The maximum atomic E-state index is 5.67. The Bertz CT molecular complexity index is 750. The van der Waals surface area contributed by atoms with Crippen molar-refractivity contribution in [2.75, 3.05) is 37.7 Å². The molecule has 2 N–H and O–H groups in total. The van der Waals surface area contributed by atoms with Gasteiger partial charge in [-0.15, -0.1) is 24.0 Å². The lowest BCUT2D eigenvalue weighted by Gasteiger charge is -2.22. The molecule has 2 heterocycles. The molecule has 0 spiro atoms. The molecule has 1 fully saturated rings. The zero-order valence-electron chi connectivity index (χ0n) is 17.3. The van der Waals surface area contributed by atoms with Crippen LogP contribution in [0.3, 0.4) is 0 Å². The van der Waals surface area contributed by atoms with Crippen LogP contribution in [-0.2, 0) is 0 Å². The second kappa shape index (κ2) is 12.5. The van der Waals surface area contributed by atoms with Crippen molar-refractivity contribution in [3.63, 3.8) is 0 Å². The van der Waals surface area contributed by atoms with Crippen molar-refractivity contribution in [1.29, 1.82) is 0 Å². The highest BCUT2D eigenvalue weighted by molar-refractivity contribution is 14.0. The summed E-state index contributed by atoms with van der Waals surface area (Å²) in [6.45, 7) is 8.46. The first kappa shape index (κ1) is 23.3. The molecule has 158 valence electrons. The molecule has 0 radical (unpaired) electrons. The van der Waals surface area contributed by atoms with E-state index in [4.69, 9.17) is 4.74 Å². The number of ether oxygens (including phenoxy) is 1. The first-order valence-corrected chi connectivity index (χ1v) is 10.2. The summed E-state index contributed by atoms with van der Waals surface area (Å²) in [5, 5.41) is 6.82. The van der Waals surface area contributed by atoms with Gasteiger partial charge in [0.15, 0.2) is 5.96 Å². The number of hydrogen-bond acceptors (Lipinski definition) is 4. The van der Waals surface area contributed by atoms with Crippen LogP contribution in [0.25, 0.3) is 0 Å². The van der Waals surface area contributed by atoms with Crippen LogP contribution >= 0.6 is 24.0 Å². The molecule has 1 saturated heterocycles. The number of aliphatic imine (C=N–C) groups is 1. The quantitative estimate of drug-likeness (QED) is 0.244. The second-order valence-corrected chi connectivity index (χ2v) is 6.95. The van der Waals surface area contributed by atoms with Crippen LogP contribution in [0, 0.1) is 0 Å². The van der Waals surface area contributed by atoms with Gasteiger partial charge in [-0.05, 0) is 56.5 Å². The molecule has 0 amide bonds. The number of guanidine groups is 1. The van der Waals surface area contributed by atoms with E-state index in [1.165, 1.54) is 24.1 Å². The molecule has 1 aliphatic rings.